The third kappa shape index (κ3) is 2.94. The van der Waals surface area contributed by atoms with Crippen molar-refractivity contribution in [2.75, 3.05) is 0 Å². The highest BCUT2D eigenvalue weighted by Crippen LogP contribution is 2.31. The van der Waals surface area contributed by atoms with E-state index in [4.69, 9.17) is 5.11 Å². The number of carbonyl (C=O) groups is 1. The van der Waals surface area contributed by atoms with Crippen LogP contribution in [-0.2, 0) is 11.2 Å². The van der Waals surface area contributed by atoms with Gasteiger partial charge in [0.15, 0.2) is 0 Å². The smallest absolute Gasteiger partial charge is 0.303 e. The monoisotopic (exact) mass is 246 g/mol. The third-order valence-corrected chi connectivity index (χ3v) is 3.75. The first-order valence-electron chi connectivity index (χ1n) is 5.53. The number of aryl methyl sites for hydroxylation is 2. The van der Waals surface area contributed by atoms with Crippen LogP contribution in [0.4, 0.5) is 0 Å². The van der Waals surface area contributed by atoms with E-state index in [0.717, 1.165) is 4.88 Å². The molecule has 1 aromatic carbocycles. The van der Waals surface area contributed by atoms with Crippen molar-refractivity contribution in [2.45, 2.75) is 19.8 Å². The van der Waals surface area contributed by atoms with Crippen molar-refractivity contribution < 1.29 is 9.90 Å². The van der Waals surface area contributed by atoms with E-state index < -0.39 is 5.97 Å². The van der Waals surface area contributed by atoms with Crippen LogP contribution in [0.25, 0.3) is 11.1 Å². The molecular weight excluding hydrogens is 232 g/mol. The normalized spacial score (nSPS) is 10.4. The Morgan fingerprint density at radius 2 is 2.00 bits per heavy atom. The van der Waals surface area contributed by atoms with Gasteiger partial charge in [0.25, 0.3) is 0 Å². The van der Waals surface area contributed by atoms with E-state index in [-0.39, 0.29) is 6.42 Å². The van der Waals surface area contributed by atoms with Gasteiger partial charge in [0.1, 0.15) is 0 Å². The molecule has 88 valence electrons. The zero-order valence-corrected chi connectivity index (χ0v) is 10.5. The molecule has 2 rings (SSSR count). The molecule has 0 aliphatic rings. The fraction of sp³-hybridized carbons (Fsp3) is 0.214. The van der Waals surface area contributed by atoms with Crippen LogP contribution in [0.3, 0.4) is 0 Å². The van der Waals surface area contributed by atoms with Crippen LogP contribution >= 0.6 is 11.3 Å². The lowest BCUT2D eigenvalue weighted by Crippen LogP contribution is -1.95. The minimum atomic E-state index is -0.739. The number of carboxylic acids is 1. The van der Waals surface area contributed by atoms with Crippen molar-refractivity contribution in [1.29, 1.82) is 0 Å². The van der Waals surface area contributed by atoms with Gasteiger partial charge in [-0.2, -0.15) is 0 Å². The summed E-state index contributed by atoms with van der Waals surface area (Å²) >= 11 is 1.69. The molecule has 0 amide bonds. The van der Waals surface area contributed by atoms with Gasteiger partial charge in [-0.1, -0.05) is 30.3 Å². The van der Waals surface area contributed by atoms with Gasteiger partial charge in [-0.15, -0.1) is 11.3 Å². The molecule has 0 aliphatic heterocycles. The van der Waals surface area contributed by atoms with Gasteiger partial charge in [0.05, 0.1) is 6.42 Å². The molecule has 0 bridgehead atoms. The highest BCUT2D eigenvalue weighted by atomic mass is 32.1. The van der Waals surface area contributed by atoms with E-state index in [0.29, 0.717) is 6.42 Å². The number of aliphatic carboxylic acids is 1. The van der Waals surface area contributed by atoms with Crippen LogP contribution in [0, 0.1) is 6.92 Å². The second kappa shape index (κ2) is 5.15. The van der Waals surface area contributed by atoms with E-state index in [2.05, 4.69) is 25.1 Å². The summed E-state index contributed by atoms with van der Waals surface area (Å²) in [6.07, 6.45) is 0.821. The molecule has 0 aliphatic carbocycles. The Balaban J connectivity index is 2.22. The number of carboxylic acid groups (broad SMARTS) is 1. The largest absolute Gasteiger partial charge is 0.481 e. The zero-order chi connectivity index (χ0) is 12.3. The van der Waals surface area contributed by atoms with Gasteiger partial charge in [-0.25, -0.2) is 0 Å². The summed E-state index contributed by atoms with van der Waals surface area (Å²) in [5.74, 6) is -0.739. The van der Waals surface area contributed by atoms with Gasteiger partial charge in [0, 0.05) is 9.75 Å². The molecule has 1 aromatic heterocycles. The molecule has 0 radical (unpaired) electrons. The highest BCUT2D eigenvalue weighted by Gasteiger charge is 2.08. The molecule has 17 heavy (non-hydrogen) atoms. The molecule has 0 unspecified atom stereocenters. The van der Waals surface area contributed by atoms with Crippen molar-refractivity contribution in [3.8, 4) is 11.1 Å². The molecule has 3 heteroatoms. The van der Waals surface area contributed by atoms with E-state index in [9.17, 15) is 4.79 Å². The first kappa shape index (κ1) is 11.9. The lowest BCUT2D eigenvalue weighted by molar-refractivity contribution is -0.136. The summed E-state index contributed by atoms with van der Waals surface area (Å²) < 4.78 is 0. The maximum absolute atomic E-state index is 10.5. The lowest BCUT2D eigenvalue weighted by atomic mass is 10.1. The van der Waals surface area contributed by atoms with Crippen LogP contribution in [0.5, 0.6) is 0 Å². The lowest BCUT2D eigenvalue weighted by Gasteiger charge is -1.98. The van der Waals surface area contributed by atoms with Crippen LogP contribution < -0.4 is 0 Å². The van der Waals surface area contributed by atoms with Crippen LogP contribution in [-0.4, -0.2) is 11.1 Å². The highest BCUT2D eigenvalue weighted by molar-refractivity contribution is 7.12. The Hall–Kier alpha value is -1.61. The molecule has 0 saturated heterocycles. The van der Waals surface area contributed by atoms with E-state index in [1.165, 1.54) is 16.0 Å². The summed E-state index contributed by atoms with van der Waals surface area (Å²) in [5, 5.41) is 8.67. The maximum atomic E-state index is 10.5. The van der Waals surface area contributed by atoms with Crippen molar-refractivity contribution in [1.82, 2.24) is 0 Å². The van der Waals surface area contributed by atoms with Crippen LogP contribution in [0.15, 0.2) is 36.4 Å². The quantitative estimate of drug-likeness (QED) is 0.892. The predicted octanol–water partition coefficient (Wildman–Crippen LogP) is 3.74. The molecule has 0 atom stereocenters. The molecule has 1 heterocycles. The Morgan fingerprint density at radius 1 is 1.29 bits per heavy atom. The first-order valence-corrected chi connectivity index (χ1v) is 6.35. The van der Waals surface area contributed by atoms with E-state index in [1.807, 2.05) is 18.2 Å². The van der Waals surface area contributed by atoms with E-state index in [1.54, 1.807) is 11.3 Å². The molecule has 1 N–H and O–H groups in total. The number of benzene rings is 1. The first-order chi connectivity index (χ1) is 8.16. The zero-order valence-electron chi connectivity index (χ0n) is 9.64. The average molecular weight is 246 g/mol. The molecular formula is C14H14O2S. The molecule has 2 nitrogen and oxygen atoms in total. The van der Waals surface area contributed by atoms with Crippen molar-refractivity contribution in [3.63, 3.8) is 0 Å². The van der Waals surface area contributed by atoms with Crippen molar-refractivity contribution >= 4 is 17.3 Å². The summed E-state index contributed by atoms with van der Waals surface area (Å²) in [5.41, 5.74) is 2.42. The summed E-state index contributed by atoms with van der Waals surface area (Å²) in [4.78, 5) is 12.9. The maximum Gasteiger partial charge on any atom is 0.303 e. The van der Waals surface area contributed by atoms with Crippen LogP contribution in [0.1, 0.15) is 16.2 Å². The summed E-state index contributed by atoms with van der Waals surface area (Å²) in [6.45, 7) is 2.08. The molecule has 0 saturated carbocycles. The number of rotatable bonds is 4. The standard InChI is InChI=1S/C14H14O2S/c1-10-13(11-5-3-2-4-6-11)9-12(17-10)7-8-14(15)16/h2-6,9H,7-8H2,1H3,(H,15,16). The van der Waals surface area contributed by atoms with Crippen molar-refractivity contribution in [2.24, 2.45) is 0 Å². The van der Waals surface area contributed by atoms with Gasteiger partial charge >= 0.3 is 5.97 Å². The second-order valence-electron chi connectivity index (χ2n) is 3.94. The second-order valence-corrected chi connectivity index (χ2v) is 5.28. The minimum Gasteiger partial charge on any atom is -0.481 e. The summed E-state index contributed by atoms with van der Waals surface area (Å²) in [7, 11) is 0. The van der Waals surface area contributed by atoms with Gasteiger partial charge in [-0.05, 0) is 30.5 Å². The Bertz CT molecular complexity index is 514. The minimum absolute atomic E-state index is 0.203. The van der Waals surface area contributed by atoms with Crippen molar-refractivity contribution in [3.05, 3.63) is 46.2 Å². The molecule has 2 aromatic rings. The average Bonchev–Trinajstić information content (AvgIpc) is 2.69. The van der Waals surface area contributed by atoms with E-state index >= 15 is 0 Å². The van der Waals surface area contributed by atoms with Gasteiger partial charge in [0.2, 0.25) is 0 Å². The molecule has 0 spiro atoms. The van der Waals surface area contributed by atoms with Gasteiger partial charge < -0.3 is 5.11 Å². The Morgan fingerprint density at radius 3 is 2.65 bits per heavy atom. The Kier molecular flexibility index (Phi) is 3.59. The fourth-order valence-corrected chi connectivity index (χ4v) is 2.86. The Labute approximate surface area is 105 Å². The fourth-order valence-electron chi connectivity index (χ4n) is 1.80. The van der Waals surface area contributed by atoms with Crippen LogP contribution in [0.2, 0.25) is 0 Å². The predicted molar refractivity (Wildman–Crippen MR) is 70.4 cm³/mol. The number of hydrogen-bond donors (Lipinski definition) is 1. The topological polar surface area (TPSA) is 37.3 Å². The summed E-state index contributed by atoms with van der Waals surface area (Å²) in [6, 6.07) is 12.3. The van der Waals surface area contributed by atoms with Gasteiger partial charge in [-0.3, -0.25) is 4.79 Å². The number of thiophene rings is 1. The molecule has 0 fully saturated rings. The number of hydrogen-bond acceptors (Lipinski definition) is 2. The SMILES string of the molecule is Cc1sc(CCC(=O)O)cc1-c1ccccc1. The third-order valence-electron chi connectivity index (χ3n) is 2.64.